The minimum absolute atomic E-state index is 0.0301. The Morgan fingerprint density at radius 2 is 0.981 bits per heavy atom. The standard InChI is InChI=1S/C42H82BO2Si7/c1-30-26-31(2)36(32(3)27-30)46-37-34(39(49(14,15)16)50(17,18)19)28-33(38(47(8,9)10)48(11,12)13)29-35(37)42(51(20,21)22,52(23,24)25)43(46)45-41(6,7)40(4,5)44/h26-29,38-39,44H,1-25H3. The minimum atomic E-state index is -2.08. The van der Waals surface area contributed by atoms with Gasteiger partial charge in [0.15, 0.2) is 0 Å². The lowest BCUT2D eigenvalue weighted by Gasteiger charge is -2.55. The van der Waals surface area contributed by atoms with Gasteiger partial charge in [-0.15, -0.1) is 0 Å². The summed E-state index contributed by atoms with van der Waals surface area (Å²) in [6, 6.07) is 10.6. The average Bonchev–Trinajstić information content (AvgIpc) is 3.09. The van der Waals surface area contributed by atoms with E-state index in [0.29, 0.717) is 10.3 Å². The summed E-state index contributed by atoms with van der Waals surface area (Å²) in [5.74, 6) is 0. The second-order valence-electron chi connectivity index (χ2n) is 24.4. The van der Waals surface area contributed by atoms with Crippen LogP contribution in [-0.2, 0) is 9.22 Å². The molecule has 0 aromatic heterocycles. The van der Waals surface area contributed by atoms with Gasteiger partial charge in [-0.05, 0) is 68.9 Å². The van der Waals surface area contributed by atoms with Crippen LogP contribution in [0.25, 0.3) is 0 Å². The molecule has 0 spiro atoms. The normalized spacial score (nSPS) is 17.1. The van der Waals surface area contributed by atoms with Crippen LogP contribution in [0.4, 0.5) is 0 Å². The molecule has 1 N–H and O–H groups in total. The molecule has 10 heteroatoms. The summed E-state index contributed by atoms with van der Waals surface area (Å²) in [5.41, 5.74) is 7.63. The average molecular weight is 827 g/mol. The smallest absolute Gasteiger partial charge is 0.294 e. The molecule has 0 saturated carbocycles. The van der Waals surface area contributed by atoms with Gasteiger partial charge in [-0.3, -0.25) is 0 Å². The maximum absolute atomic E-state index is 11.9. The molecule has 0 bridgehead atoms. The first kappa shape index (κ1) is 46.3. The van der Waals surface area contributed by atoms with Gasteiger partial charge in [0.05, 0.1) is 11.2 Å². The fourth-order valence-electron chi connectivity index (χ4n) is 11.9. The SMILES string of the molecule is Cc1cc(C)c([Si]2B(OC(C)(C)C(C)(C)O)C([Si](C)(C)C)([Si](C)(C)C)c3cc(C([Si](C)(C)C)[Si](C)(C)C)cc(C([Si](C)(C)C)[Si](C)(C)C)c32)c(C)c1. The van der Waals surface area contributed by atoms with E-state index in [0.717, 1.165) is 0 Å². The van der Waals surface area contributed by atoms with Crippen molar-refractivity contribution in [2.75, 3.05) is 0 Å². The third kappa shape index (κ3) is 8.32. The van der Waals surface area contributed by atoms with Crippen molar-refractivity contribution in [2.24, 2.45) is 0 Å². The minimum Gasteiger partial charge on any atom is -0.430 e. The van der Waals surface area contributed by atoms with Crippen LogP contribution in [0.2, 0.25) is 118 Å². The molecule has 293 valence electrons. The Hall–Kier alpha value is -0.0569. The van der Waals surface area contributed by atoms with Crippen LogP contribution in [0.3, 0.4) is 0 Å². The van der Waals surface area contributed by atoms with E-state index in [1.165, 1.54) is 16.7 Å². The van der Waals surface area contributed by atoms with E-state index >= 15 is 0 Å². The van der Waals surface area contributed by atoms with Gasteiger partial charge in [0.25, 0.3) is 6.51 Å². The third-order valence-electron chi connectivity index (χ3n) is 12.8. The molecule has 0 unspecified atom stereocenters. The number of rotatable bonds is 12. The van der Waals surface area contributed by atoms with Gasteiger partial charge in [0, 0.05) is 48.4 Å². The lowest BCUT2D eigenvalue weighted by Crippen LogP contribution is -2.75. The van der Waals surface area contributed by atoms with Gasteiger partial charge in [0.2, 0.25) is 0 Å². The summed E-state index contributed by atoms with van der Waals surface area (Å²) in [6.45, 7) is 63.3. The quantitative estimate of drug-likeness (QED) is 0.216. The lowest BCUT2D eigenvalue weighted by molar-refractivity contribution is -0.0922. The van der Waals surface area contributed by atoms with E-state index in [9.17, 15) is 5.11 Å². The molecule has 1 aliphatic rings. The van der Waals surface area contributed by atoms with Crippen LogP contribution < -0.4 is 10.4 Å². The number of benzene rings is 2. The van der Waals surface area contributed by atoms with E-state index in [1.807, 2.05) is 13.8 Å². The summed E-state index contributed by atoms with van der Waals surface area (Å²) < 4.78 is 7.92. The number of hydrogen-bond donors (Lipinski definition) is 1. The number of hydrogen-bond acceptors (Lipinski definition) is 2. The van der Waals surface area contributed by atoms with Crippen molar-refractivity contribution in [1.82, 2.24) is 0 Å². The van der Waals surface area contributed by atoms with E-state index < -0.39 is 68.3 Å². The molecular weight excluding hydrogens is 744 g/mol. The Labute approximate surface area is 331 Å². The first-order valence-electron chi connectivity index (χ1n) is 20.3. The molecule has 2 aromatic rings. The fourth-order valence-corrected chi connectivity index (χ4v) is 57.9. The lowest BCUT2D eigenvalue weighted by atomic mass is 9.80. The Kier molecular flexibility index (Phi) is 12.6. The number of aryl methyl sites for hydroxylation is 3. The van der Waals surface area contributed by atoms with Crippen LogP contribution in [0.15, 0.2) is 24.3 Å². The van der Waals surface area contributed by atoms with Crippen molar-refractivity contribution in [2.45, 2.75) is 192 Å². The van der Waals surface area contributed by atoms with Crippen LogP contribution in [-0.4, -0.2) is 79.9 Å². The second-order valence-corrected chi connectivity index (χ2v) is 60.2. The highest BCUT2D eigenvalue weighted by molar-refractivity contribution is 7.41. The van der Waals surface area contributed by atoms with Crippen molar-refractivity contribution in [3.8, 4) is 0 Å². The van der Waals surface area contributed by atoms with Gasteiger partial charge in [-0.25, -0.2) is 0 Å². The highest BCUT2D eigenvalue weighted by Crippen LogP contribution is 2.53. The zero-order chi connectivity index (χ0) is 41.0. The highest BCUT2D eigenvalue weighted by Gasteiger charge is 2.70. The summed E-state index contributed by atoms with van der Waals surface area (Å²) >= 11 is 0. The Morgan fingerprint density at radius 1 is 0.596 bits per heavy atom. The number of fused-ring (bicyclic) bond motifs is 1. The van der Waals surface area contributed by atoms with Crippen molar-refractivity contribution in [1.29, 1.82) is 0 Å². The predicted octanol–water partition coefficient (Wildman–Crippen LogP) is 11.1. The molecule has 2 aromatic carbocycles. The first-order chi connectivity index (χ1) is 22.7. The van der Waals surface area contributed by atoms with Gasteiger partial charge >= 0.3 is 0 Å². The maximum atomic E-state index is 11.9. The summed E-state index contributed by atoms with van der Waals surface area (Å²) in [4.78, 5) is 0. The predicted molar refractivity (Wildman–Crippen MR) is 257 cm³/mol. The van der Waals surface area contributed by atoms with Crippen molar-refractivity contribution >= 4 is 74.0 Å². The summed E-state index contributed by atoms with van der Waals surface area (Å²) in [7, 11) is -12.3. The van der Waals surface area contributed by atoms with Gasteiger partial charge in [0.1, 0.15) is 8.67 Å². The van der Waals surface area contributed by atoms with Crippen molar-refractivity contribution in [3.63, 3.8) is 0 Å². The fraction of sp³-hybridized carbons (Fsp3) is 0.714. The zero-order valence-electron chi connectivity index (χ0n) is 38.9. The second kappa shape index (κ2) is 14.1. The molecule has 0 amide bonds. The van der Waals surface area contributed by atoms with Crippen molar-refractivity contribution in [3.05, 3.63) is 57.6 Å². The van der Waals surface area contributed by atoms with Gasteiger partial charge in [-0.1, -0.05) is 180 Å². The van der Waals surface area contributed by atoms with E-state index in [-0.39, 0.29) is 11.1 Å². The Balaban J connectivity index is 2.95. The maximum Gasteiger partial charge on any atom is 0.294 e. The highest BCUT2D eigenvalue weighted by atomic mass is 28.4. The van der Waals surface area contributed by atoms with Gasteiger partial charge in [-0.2, -0.15) is 0 Å². The van der Waals surface area contributed by atoms with Crippen LogP contribution in [0, 0.1) is 20.8 Å². The zero-order valence-corrected chi connectivity index (χ0v) is 45.9. The monoisotopic (exact) mass is 825 g/mol. The topological polar surface area (TPSA) is 29.5 Å². The van der Waals surface area contributed by atoms with Crippen molar-refractivity contribution < 1.29 is 9.76 Å². The van der Waals surface area contributed by atoms with Crippen LogP contribution >= 0.6 is 0 Å². The molecule has 52 heavy (non-hydrogen) atoms. The van der Waals surface area contributed by atoms with Crippen LogP contribution in [0.5, 0.6) is 0 Å². The Morgan fingerprint density at radius 3 is 1.31 bits per heavy atom. The van der Waals surface area contributed by atoms with Crippen LogP contribution in [0.1, 0.15) is 71.4 Å². The first-order valence-corrected chi connectivity index (χ1v) is 43.2. The Bertz CT molecular complexity index is 1570. The molecule has 2 nitrogen and oxygen atoms in total. The molecule has 1 aliphatic heterocycles. The molecule has 1 radical (unpaired) electrons. The third-order valence-corrected chi connectivity index (χ3v) is 45.8. The van der Waals surface area contributed by atoms with E-state index in [2.05, 4.69) is 177 Å². The summed E-state index contributed by atoms with van der Waals surface area (Å²) in [6.07, 6.45) is 0. The molecule has 0 atom stereocenters. The molecule has 0 saturated heterocycles. The molecule has 1 heterocycles. The molecular formula is C42H82BO2Si7. The molecule has 3 rings (SSSR count). The molecule has 0 aliphatic carbocycles. The molecule has 0 fully saturated rings. The summed E-state index contributed by atoms with van der Waals surface area (Å²) in [5, 5.41) is 16.5. The van der Waals surface area contributed by atoms with E-state index in [4.69, 9.17) is 4.65 Å². The van der Waals surface area contributed by atoms with E-state index in [1.54, 1.807) is 27.1 Å². The number of aliphatic hydroxyl groups is 1. The van der Waals surface area contributed by atoms with Gasteiger partial charge < -0.3 is 9.76 Å². The largest absolute Gasteiger partial charge is 0.430 e.